The van der Waals surface area contributed by atoms with Crippen LogP contribution in [0.2, 0.25) is 0 Å². The van der Waals surface area contributed by atoms with Crippen molar-refractivity contribution in [2.45, 2.75) is 18.6 Å². The summed E-state index contributed by atoms with van der Waals surface area (Å²) in [4.78, 5) is 28.8. The van der Waals surface area contributed by atoms with E-state index in [1.54, 1.807) is 4.90 Å². The summed E-state index contributed by atoms with van der Waals surface area (Å²) in [6, 6.07) is 5.39. The second-order valence-corrected chi connectivity index (χ2v) is 6.92. The van der Waals surface area contributed by atoms with Crippen LogP contribution in [-0.4, -0.2) is 73.3 Å². The quantitative estimate of drug-likeness (QED) is 0.860. The molecule has 3 aliphatic heterocycles. The predicted molar refractivity (Wildman–Crippen MR) is 91.2 cm³/mol. The van der Waals surface area contributed by atoms with Gasteiger partial charge in [-0.2, -0.15) is 0 Å². The summed E-state index contributed by atoms with van der Waals surface area (Å²) in [5.74, 6) is -0.458. The lowest BCUT2D eigenvalue weighted by Gasteiger charge is -2.34. The molecule has 0 unspecified atom stereocenters. The van der Waals surface area contributed by atoms with Gasteiger partial charge in [0.2, 0.25) is 5.91 Å². The molecule has 140 valence electrons. The molecule has 4 rings (SSSR count). The molecule has 1 aromatic carbocycles. The Hall–Kier alpha value is -2.19. The van der Waals surface area contributed by atoms with Crippen LogP contribution in [0.25, 0.3) is 0 Å². The van der Waals surface area contributed by atoms with Crippen molar-refractivity contribution in [2.75, 3.05) is 44.7 Å². The van der Waals surface area contributed by atoms with Crippen molar-refractivity contribution in [3.05, 3.63) is 30.1 Å². The van der Waals surface area contributed by atoms with Gasteiger partial charge in [-0.15, -0.1) is 0 Å². The predicted octanol–water partition coefficient (Wildman–Crippen LogP) is 1.31. The maximum atomic E-state index is 13.0. The normalized spacial score (nSPS) is 28.1. The van der Waals surface area contributed by atoms with Crippen LogP contribution >= 0.6 is 0 Å². The van der Waals surface area contributed by atoms with E-state index in [0.29, 0.717) is 51.5 Å². The molecule has 8 heteroatoms. The Bertz CT molecular complexity index is 678. The number of likely N-dealkylation sites (tertiary alicyclic amines) is 1. The Morgan fingerprint density at radius 2 is 1.81 bits per heavy atom. The summed E-state index contributed by atoms with van der Waals surface area (Å²) >= 11 is 0. The molecule has 7 nitrogen and oxygen atoms in total. The average Bonchev–Trinajstić information content (AvgIpc) is 2.97. The van der Waals surface area contributed by atoms with Crippen molar-refractivity contribution in [1.82, 2.24) is 9.80 Å². The highest BCUT2D eigenvalue weighted by atomic mass is 19.1. The van der Waals surface area contributed by atoms with E-state index in [4.69, 9.17) is 9.47 Å². The number of benzene rings is 1. The largest absolute Gasteiger partial charge is 0.378 e. The van der Waals surface area contributed by atoms with Gasteiger partial charge in [-0.25, -0.2) is 9.18 Å². The second kappa shape index (κ2) is 7.20. The Labute approximate surface area is 151 Å². The number of carbonyl (C=O) groups is 2. The van der Waals surface area contributed by atoms with E-state index in [1.807, 2.05) is 4.90 Å². The van der Waals surface area contributed by atoms with Crippen LogP contribution in [0, 0.1) is 11.7 Å². The lowest BCUT2D eigenvalue weighted by Crippen LogP contribution is -2.50. The zero-order valence-electron chi connectivity index (χ0n) is 14.4. The number of hydrogen-bond acceptors (Lipinski definition) is 4. The van der Waals surface area contributed by atoms with Crippen LogP contribution in [0.1, 0.15) is 6.42 Å². The molecule has 3 amide bonds. The molecule has 26 heavy (non-hydrogen) atoms. The smallest absolute Gasteiger partial charge is 0.322 e. The van der Waals surface area contributed by atoms with Crippen molar-refractivity contribution in [1.29, 1.82) is 0 Å². The molecular weight excluding hydrogens is 341 g/mol. The molecule has 1 aromatic rings. The number of fused-ring (bicyclic) bond motifs is 2. The lowest BCUT2D eigenvalue weighted by molar-refractivity contribution is -0.142. The third-order valence-electron chi connectivity index (χ3n) is 5.18. The Balaban J connectivity index is 1.37. The number of halogens is 1. The highest BCUT2D eigenvalue weighted by Crippen LogP contribution is 2.33. The molecule has 0 saturated carbocycles. The number of morpholine rings is 2. The summed E-state index contributed by atoms with van der Waals surface area (Å²) in [7, 11) is 0. The van der Waals surface area contributed by atoms with Gasteiger partial charge in [0.1, 0.15) is 5.82 Å². The van der Waals surface area contributed by atoms with Gasteiger partial charge >= 0.3 is 6.03 Å². The molecule has 2 bridgehead atoms. The lowest BCUT2D eigenvalue weighted by atomic mass is 9.98. The number of ether oxygens (including phenoxy) is 2. The number of nitrogens with zero attached hydrogens (tertiary/aromatic N) is 2. The zero-order chi connectivity index (χ0) is 18.1. The summed E-state index contributed by atoms with van der Waals surface area (Å²) < 4.78 is 24.2. The Morgan fingerprint density at radius 1 is 1.08 bits per heavy atom. The molecule has 0 radical (unpaired) electrons. The molecule has 3 heterocycles. The molecule has 0 spiro atoms. The van der Waals surface area contributed by atoms with E-state index in [1.165, 1.54) is 24.3 Å². The van der Waals surface area contributed by atoms with Crippen molar-refractivity contribution in [3.8, 4) is 0 Å². The fraction of sp³-hybridized carbons (Fsp3) is 0.556. The summed E-state index contributed by atoms with van der Waals surface area (Å²) in [5, 5.41) is 2.77. The first-order chi connectivity index (χ1) is 12.6. The van der Waals surface area contributed by atoms with Crippen LogP contribution < -0.4 is 5.32 Å². The van der Waals surface area contributed by atoms with Crippen molar-refractivity contribution in [2.24, 2.45) is 5.92 Å². The summed E-state index contributed by atoms with van der Waals surface area (Å²) in [6.45, 7) is 3.20. The van der Waals surface area contributed by atoms with Gasteiger partial charge in [0.15, 0.2) is 0 Å². The highest BCUT2D eigenvalue weighted by Gasteiger charge is 2.47. The third kappa shape index (κ3) is 3.52. The van der Waals surface area contributed by atoms with Crippen molar-refractivity contribution >= 4 is 17.6 Å². The molecule has 3 saturated heterocycles. The number of hydrogen-bond donors (Lipinski definition) is 1. The maximum Gasteiger partial charge on any atom is 0.322 e. The topological polar surface area (TPSA) is 71.1 Å². The maximum absolute atomic E-state index is 13.0. The van der Waals surface area contributed by atoms with Gasteiger partial charge < -0.3 is 24.6 Å². The van der Waals surface area contributed by atoms with Gasteiger partial charge in [-0.05, 0) is 30.7 Å². The van der Waals surface area contributed by atoms with Crippen LogP contribution in [-0.2, 0) is 14.3 Å². The van der Waals surface area contributed by atoms with Gasteiger partial charge in [-0.3, -0.25) is 4.79 Å². The molecule has 1 N–H and O–H groups in total. The van der Waals surface area contributed by atoms with Crippen LogP contribution in [0.5, 0.6) is 0 Å². The van der Waals surface area contributed by atoms with Gasteiger partial charge in [0, 0.05) is 31.9 Å². The number of anilines is 1. The fourth-order valence-corrected chi connectivity index (χ4v) is 3.84. The van der Waals surface area contributed by atoms with Crippen molar-refractivity contribution in [3.63, 3.8) is 0 Å². The first-order valence-electron chi connectivity index (χ1n) is 8.93. The minimum absolute atomic E-state index is 0.0987. The molecule has 0 aliphatic carbocycles. The number of urea groups is 1. The third-order valence-corrected chi connectivity index (χ3v) is 5.18. The first kappa shape index (κ1) is 17.2. The van der Waals surface area contributed by atoms with Gasteiger partial charge in [0.05, 0.1) is 31.3 Å². The van der Waals surface area contributed by atoms with Crippen molar-refractivity contribution < 1.29 is 23.5 Å². The second-order valence-electron chi connectivity index (χ2n) is 6.92. The number of amides is 3. The molecule has 0 aromatic heterocycles. The van der Waals surface area contributed by atoms with Crippen LogP contribution in [0.4, 0.5) is 14.9 Å². The molecule has 3 atom stereocenters. The van der Waals surface area contributed by atoms with E-state index in [2.05, 4.69) is 5.32 Å². The average molecular weight is 363 g/mol. The minimum Gasteiger partial charge on any atom is -0.378 e. The minimum atomic E-state index is -0.350. The van der Waals surface area contributed by atoms with Gasteiger partial charge in [0.25, 0.3) is 0 Å². The monoisotopic (exact) mass is 363 g/mol. The number of carbonyl (C=O) groups excluding carboxylic acids is 2. The number of rotatable bonds is 2. The first-order valence-corrected chi connectivity index (χ1v) is 8.93. The van der Waals surface area contributed by atoms with E-state index < -0.39 is 0 Å². The van der Waals surface area contributed by atoms with E-state index in [0.717, 1.165) is 0 Å². The SMILES string of the molecule is O=C(Nc1ccc(F)cc1)N1C[C@@H]2C[C@H](C(=O)N3CCOCC3)[C@H](C1)O2. The zero-order valence-corrected chi connectivity index (χ0v) is 14.4. The van der Waals surface area contributed by atoms with E-state index in [-0.39, 0.29) is 35.9 Å². The number of nitrogens with one attached hydrogen (secondary N) is 1. The van der Waals surface area contributed by atoms with E-state index in [9.17, 15) is 14.0 Å². The summed E-state index contributed by atoms with van der Waals surface area (Å²) in [6.07, 6.45) is 0.243. The van der Waals surface area contributed by atoms with Crippen LogP contribution in [0.3, 0.4) is 0 Å². The molecular formula is C18H22FN3O4. The van der Waals surface area contributed by atoms with Crippen LogP contribution in [0.15, 0.2) is 24.3 Å². The van der Waals surface area contributed by atoms with Gasteiger partial charge in [-0.1, -0.05) is 0 Å². The molecule has 3 fully saturated rings. The highest BCUT2D eigenvalue weighted by molar-refractivity contribution is 5.89. The standard InChI is InChI=1S/C18H22FN3O4/c19-12-1-3-13(4-2-12)20-18(24)22-10-14-9-15(16(11-22)26-14)17(23)21-5-7-25-8-6-21/h1-4,14-16H,5-11H2,(H,20,24)/t14-,15-,16-/m0/s1. The fourth-order valence-electron chi connectivity index (χ4n) is 3.84. The summed E-state index contributed by atoms with van der Waals surface area (Å²) in [5.41, 5.74) is 0.538. The van der Waals surface area contributed by atoms with E-state index >= 15 is 0 Å². The Morgan fingerprint density at radius 3 is 2.54 bits per heavy atom. The molecule has 3 aliphatic rings. The Kier molecular flexibility index (Phi) is 4.78.